The molecule has 2 aliphatic carbocycles. The number of rotatable bonds is 5. The van der Waals surface area contributed by atoms with Crippen molar-refractivity contribution < 1.29 is 0 Å². The van der Waals surface area contributed by atoms with Gasteiger partial charge in [0.25, 0.3) is 0 Å². The number of nitrogens with zero attached hydrogens (tertiary/aromatic N) is 1. The fourth-order valence-corrected chi connectivity index (χ4v) is 4.02. The molecule has 0 radical (unpaired) electrons. The zero-order valence-corrected chi connectivity index (χ0v) is 13.3. The lowest BCUT2D eigenvalue weighted by Gasteiger charge is -2.44. The van der Waals surface area contributed by atoms with Gasteiger partial charge in [0.05, 0.1) is 0 Å². The van der Waals surface area contributed by atoms with E-state index < -0.39 is 0 Å². The van der Waals surface area contributed by atoms with E-state index in [0.29, 0.717) is 12.1 Å². The smallest absolute Gasteiger partial charge is 0.0252 e. The molecule has 0 aliphatic heterocycles. The molecular weight excluding hydrogens is 232 g/mol. The first kappa shape index (κ1) is 15.3. The van der Waals surface area contributed by atoms with E-state index >= 15 is 0 Å². The third-order valence-corrected chi connectivity index (χ3v) is 5.32. The van der Waals surface area contributed by atoms with Gasteiger partial charge in [-0.3, -0.25) is 4.90 Å². The minimum atomic E-state index is 0.420. The molecule has 2 nitrogen and oxygen atoms in total. The normalized spacial score (nSPS) is 33.5. The van der Waals surface area contributed by atoms with Crippen LogP contribution in [0.3, 0.4) is 0 Å². The molecule has 0 saturated heterocycles. The molecule has 3 unspecified atom stereocenters. The van der Waals surface area contributed by atoms with Crippen LogP contribution in [-0.2, 0) is 0 Å². The van der Waals surface area contributed by atoms with Crippen LogP contribution in [0, 0.1) is 11.8 Å². The van der Waals surface area contributed by atoms with Crippen LogP contribution in [0.4, 0.5) is 0 Å². The molecule has 0 aromatic rings. The van der Waals surface area contributed by atoms with E-state index in [1.807, 2.05) is 0 Å². The van der Waals surface area contributed by atoms with Gasteiger partial charge >= 0.3 is 0 Å². The predicted molar refractivity (Wildman–Crippen MR) is 83.2 cm³/mol. The van der Waals surface area contributed by atoms with Crippen molar-refractivity contribution in [2.45, 2.75) is 90.3 Å². The zero-order valence-electron chi connectivity index (χ0n) is 13.3. The second-order valence-electron chi connectivity index (χ2n) is 7.51. The molecule has 2 saturated carbocycles. The molecular formula is C17H34N2. The van der Waals surface area contributed by atoms with Gasteiger partial charge < -0.3 is 5.73 Å². The third kappa shape index (κ3) is 4.19. The highest BCUT2D eigenvalue weighted by atomic mass is 15.2. The van der Waals surface area contributed by atoms with Crippen LogP contribution in [0.15, 0.2) is 0 Å². The lowest BCUT2D eigenvalue weighted by Crippen LogP contribution is -2.54. The summed E-state index contributed by atoms with van der Waals surface area (Å²) >= 11 is 0. The van der Waals surface area contributed by atoms with Crippen molar-refractivity contribution in [1.29, 1.82) is 0 Å². The Kier molecular flexibility index (Phi) is 5.70. The molecule has 0 heterocycles. The van der Waals surface area contributed by atoms with Crippen LogP contribution in [0.25, 0.3) is 0 Å². The highest BCUT2D eigenvalue weighted by molar-refractivity contribution is 4.92. The summed E-state index contributed by atoms with van der Waals surface area (Å²) < 4.78 is 0. The summed E-state index contributed by atoms with van der Waals surface area (Å²) in [5, 5.41) is 0. The van der Waals surface area contributed by atoms with Gasteiger partial charge in [-0.05, 0) is 56.9 Å². The molecule has 3 atom stereocenters. The predicted octanol–water partition coefficient (Wildman–Crippen LogP) is 3.79. The minimum absolute atomic E-state index is 0.420. The van der Waals surface area contributed by atoms with Crippen LogP contribution in [0.2, 0.25) is 0 Å². The molecule has 0 spiro atoms. The van der Waals surface area contributed by atoms with Gasteiger partial charge in [-0.2, -0.15) is 0 Å². The summed E-state index contributed by atoms with van der Waals surface area (Å²) in [4.78, 5) is 2.83. The standard InChI is InChI=1S/C17H34N2/c1-13(2)10-11-19(15-6-4-5-7-15)17-12-14(3)8-9-16(17)18/h13-17H,4-12,18H2,1-3H3. The van der Waals surface area contributed by atoms with Crippen LogP contribution >= 0.6 is 0 Å². The maximum Gasteiger partial charge on any atom is 0.0252 e. The second-order valence-corrected chi connectivity index (χ2v) is 7.51. The highest BCUT2D eigenvalue weighted by Crippen LogP contribution is 2.33. The zero-order chi connectivity index (χ0) is 13.8. The Morgan fingerprint density at radius 1 is 1.11 bits per heavy atom. The topological polar surface area (TPSA) is 29.3 Å². The molecule has 2 heteroatoms. The van der Waals surface area contributed by atoms with Crippen molar-refractivity contribution in [3.63, 3.8) is 0 Å². The fourth-order valence-electron chi connectivity index (χ4n) is 4.02. The first-order valence-corrected chi connectivity index (χ1v) is 8.59. The fraction of sp³-hybridized carbons (Fsp3) is 1.00. The van der Waals surface area contributed by atoms with Crippen molar-refractivity contribution in [2.24, 2.45) is 17.6 Å². The molecule has 19 heavy (non-hydrogen) atoms. The summed E-state index contributed by atoms with van der Waals surface area (Å²) in [5.41, 5.74) is 6.47. The number of hydrogen-bond acceptors (Lipinski definition) is 2. The van der Waals surface area contributed by atoms with Crippen molar-refractivity contribution in [1.82, 2.24) is 4.90 Å². The molecule has 0 aromatic heterocycles. The highest BCUT2D eigenvalue weighted by Gasteiger charge is 2.35. The summed E-state index contributed by atoms with van der Waals surface area (Å²) in [7, 11) is 0. The quantitative estimate of drug-likeness (QED) is 0.820. The monoisotopic (exact) mass is 266 g/mol. The van der Waals surface area contributed by atoms with Crippen LogP contribution in [0.1, 0.15) is 72.1 Å². The average Bonchev–Trinajstić information content (AvgIpc) is 2.87. The maximum atomic E-state index is 6.47. The Balaban J connectivity index is 2.01. The maximum absolute atomic E-state index is 6.47. The first-order chi connectivity index (χ1) is 9.08. The number of hydrogen-bond donors (Lipinski definition) is 1. The van der Waals surface area contributed by atoms with Gasteiger partial charge in [-0.25, -0.2) is 0 Å². The van der Waals surface area contributed by atoms with Gasteiger partial charge in [-0.15, -0.1) is 0 Å². The number of nitrogens with two attached hydrogens (primary N) is 1. The van der Waals surface area contributed by atoms with E-state index in [9.17, 15) is 0 Å². The van der Waals surface area contributed by atoms with Gasteiger partial charge in [0, 0.05) is 18.1 Å². The average molecular weight is 266 g/mol. The van der Waals surface area contributed by atoms with Crippen LogP contribution in [0.5, 0.6) is 0 Å². The molecule has 112 valence electrons. The Labute approximate surface area is 120 Å². The van der Waals surface area contributed by atoms with E-state index in [4.69, 9.17) is 5.73 Å². The molecule has 0 bridgehead atoms. The summed E-state index contributed by atoms with van der Waals surface area (Å²) in [5.74, 6) is 1.67. The first-order valence-electron chi connectivity index (χ1n) is 8.59. The molecule has 2 rings (SSSR count). The van der Waals surface area contributed by atoms with E-state index in [0.717, 1.165) is 17.9 Å². The van der Waals surface area contributed by atoms with E-state index in [2.05, 4.69) is 25.7 Å². The van der Waals surface area contributed by atoms with E-state index in [-0.39, 0.29) is 0 Å². The van der Waals surface area contributed by atoms with E-state index in [1.54, 1.807) is 0 Å². The Bertz CT molecular complexity index is 258. The van der Waals surface area contributed by atoms with Crippen molar-refractivity contribution in [3.05, 3.63) is 0 Å². The molecule has 2 N–H and O–H groups in total. The third-order valence-electron chi connectivity index (χ3n) is 5.32. The second kappa shape index (κ2) is 7.08. The van der Waals surface area contributed by atoms with Crippen molar-refractivity contribution in [2.75, 3.05) is 6.54 Å². The summed E-state index contributed by atoms with van der Waals surface area (Å²) in [6.45, 7) is 8.37. The van der Waals surface area contributed by atoms with Gasteiger partial charge in [0.2, 0.25) is 0 Å². The SMILES string of the molecule is CC(C)CCN(C1CCCC1)C1CC(C)CCC1N. The lowest BCUT2D eigenvalue weighted by atomic mass is 9.82. The molecule has 0 amide bonds. The summed E-state index contributed by atoms with van der Waals surface area (Å²) in [6, 6.07) is 1.91. The van der Waals surface area contributed by atoms with Crippen molar-refractivity contribution >= 4 is 0 Å². The van der Waals surface area contributed by atoms with Crippen LogP contribution < -0.4 is 5.73 Å². The van der Waals surface area contributed by atoms with Gasteiger partial charge in [0.15, 0.2) is 0 Å². The summed E-state index contributed by atoms with van der Waals surface area (Å²) in [6.07, 6.45) is 10.9. The molecule has 2 fully saturated rings. The van der Waals surface area contributed by atoms with Gasteiger partial charge in [-0.1, -0.05) is 33.6 Å². The Morgan fingerprint density at radius 2 is 1.79 bits per heavy atom. The Morgan fingerprint density at radius 3 is 2.42 bits per heavy atom. The van der Waals surface area contributed by atoms with Crippen LogP contribution in [-0.4, -0.2) is 29.6 Å². The largest absolute Gasteiger partial charge is 0.326 e. The minimum Gasteiger partial charge on any atom is -0.326 e. The van der Waals surface area contributed by atoms with E-state index in [1.165, 1.54) is 57.9 Å². The molecule has 2 aliphatic rings. The lowest BCUT2D eigenvalue weighted by molar-refractivity contribution is 0.0713. The Hall–Kier alpha value is -0.0800. The molecule has 0 aromatic carbocycles. The van der Waals surface area contributed by atoms with Crippen molar-refractivity contribution in [3.8, 4) is 0 Å². The van der Waals surface area contributed by atoms with Gasteiger partial charge in [0.1, 0.15) is 0 Å².